The lowest BCUT2D eigenvalue weighted by atomic mass is 10.1. The lowest BCUT2D eigenvalue weighted by molar-refractivity contribution is 0.0954. The van der Waals surface area contributed by atoms with Crippen LogP contribution in [0.4, 0.5) is 5.82 Å². The van der Waals surface area contributed by atoms with Crippen LogP contribution < -0.4 is 10.2 Å². The lowest BCUT2D eigenvalue weighted by Crippen LogP contribution is -2.26. The molecule has 1 aliphatic rings. The summed E-state index contributed by atoms with van der Waals surface area (Å²) in [4.78, 5) is 23.5. The Morgan fingerprint density at radius 3 is 2.78 bits per heavy atom. The molecule has 0 bridgehead atoms. The fraction of sp³-hybridized carbons (Fsp3) is 0.300. The third-order valence-corrected chi connectivity index (χ3v) is 4.67. The monoisotopic (exact) mass is 363 g/mol. The predicted molar refractivity (Wildman–Crippen MR) is 101 cm³/mol. The Hall–Kier alpha value is -3.22. The van der Waals surface area contributed by atoms with Gasteiger partial charge in [-0.3, -0.25) is 4.79 Å². The van der Waals surface area contributed by atoms with Gasteiger partial charge in [-0.05, 0) is 12.8 Å². The molecule has 138 valence electrons. The Morgan fingerprint density at radius 2 is 1.96 bits per heavy atom. The Morgan fingerprint density at radius 1 is 1.15 bits per heavy atom. The third-order valence-electron chi connectivity index (χ3n) is 4.67. The molecule has 3 heterocycles. The first kappa shape index (κ1) is 17.2. The van der Waals surface area contributed by atoms with Crippen molar-refractivity contribution in [2.45, 2.75) is 19.3 Å². The van der Waals surface area contributed by atoms with Crippen LogP contribution in [0.1, 0.15) is 28.9 Å². The lowest BCUT2D eigenvalue weighted by Gasteiger charge is -2.16. The SMILES string of the molecule is O=C(NCCc1cc(N2CCCC2)ncn1)c1conc1-c1ccccc1. The summed E-state index contributed by atoms with van der Waals surface area (Å²) in [5.41, 5.74) is 2.75. The highest BCUT2D eigenvalue weighted by atomic mass is 16.5. The van der Waals surface area contributed by atoms with Crippen molar-refractivity contribution in [3.05, 3.63) is 60.2 Å². The van der Waals surface area contributed by atoms with E-state index in [2.05, 4.69) is 25.3 Å². The summed E-state index contributed by atoms with van der Waals surface area (Å²) in [5.74, 6) is 0.762. The molecule has 1 fully saturated rings. The summed E-state index contributed by atoms with van der Waals surface area (Å²) in [6.45, 7) is 2.57. The smallest absolute Gasteiger partial charge is 0.256 e. The van der Waals surface area contributed by atoms with Crippen LogP contribution >= 0.6 is 0 Å². The first-order chi connectivity index (χ1) is 13.3. The maximum atomic E-state index is 12.5. The highest BCUT2D eigenvalue weighted by Gasteiger charge is 2.17. The number of aromatic nitrogens is 3. The minimum Gasteiger partial charge on any atom is -0.363 e. The predicted octanol–water partition coefficient (Wildman–Crippen LogP) is 2.70. The standard InChI is InChI=1S/C20H21N5O2/c26-20(17-13-27-24-19(17)15-6-2-1-3-7-15)21-9-8-16-12-18(23-14-22-16)25-10-4-5-11-25/h1-3,6-7,12-14H,4-5,8-11H2,(H,21,26). The van der Waals surface area contributed by atoms with Gasteiger partial charge in [-0.15, -0.1) is 0 Å². The van der Waals surface area contributed by atoms with Crippen molar-refractivity contribution >= 4 is 11.7 Å². The van der Waals surface area contributed by atoms with Crippen molar-refractivity contribution in [3.8, 4) is 11.3 Å². The average molecular weight is 363 g/mol. The molecule has 7 nitrogen and oxygen atoms in total. The van der Waals surface area contributed by atoms with E-state index in [0.29, 0.717) is 24.2 Å². The van der Waals surface area contributed by atoms with Crippen molar-refractivity contribution in [1.29, 1.82) is 0 Å². The van der Waals surface area contributed by atoms with E-state index in [0.717, 1.165) is 30.2 Å². The highest BCUT2D eigenvalue weighted by molar-refractivity contribution is 5.99. The average Bonchev–Trinajstić information content (AvgIpc) is 3.41. The van der Waals surface area contributed by atoms with Gasteiger partial charge < -0.3 is 14.7 Å². The maximum Gasteiger partial charge on any atom is 0.256 e. The highest BCUT2D eigenvalue weighted by Crippen LogP contribution is 2.21. The first-order valence-corrected chi connectivity index (χ1v) is 9.15. The number of carbonyl (C=O) groups is 1. The summed E-state index contributed by atoms with van der Waals surface area (Å²) in [7, 11) is 0. The van der Waals surface area contributed by atoms with Gasteiger partial charge in [0.05, 0.1) is 0 Å². The molecular formula is C20H21N5O2. The second-order valence-corrected chi connectivity index (χ2v) is 6.51. The number of hydrogen-bond acceptors (Lipinski definition) is 6. The molecule has 0 unspecified atom stereocenters. The molecule has 1 N–H and O–H groups in total. The number of hydrogen-bond donors (Lipinski definition) is 1. The van der Waals surface area contributed by atoms with E-state index in [1.807, 2.05) is 36.4 Å². The number of benzene rings is 1. The number of rotatable bonds is 6. The fourth-order valence-corrected chi connectivity index (χ4v) is 3.24. The molecular weight excluding hydrogens is 342 g/mol. The summed E-state index contributed by atoms with van der Waals surface area (Å²) in [5, 5.41) is 6.89. The van der Waals surface area contributed by atoms with E-state index >= 15 is 0 Å². The van der Waals surface area contributed by atoms with E-state index in [4.69, 9.17) is 4.52 Å². The number of amides is 1. The van der Waals surface area contributed by atoms with Crippen molar-refractivity contribution in [2.24, 2.45) is 0 Å². The normalized spacial score (nSPS) is 13.7. The van der Waals surface area contributed by atoms with Crippen molar-refractivity contribution in [3.63, 3.8) is 0 Å². The molecule has 0 atom stereocenters. The molecule has 1 aromatic carbocycles. The fourth-order valence-electron chi connectivity index (χ4n) is 3.24. The van der Waals surface area contributed by atoms with E-state index < -0.39 is 0 Å². The Labute approximate surface area is 157 Å². The first-order valence-electron chi connectivity index (χ1n) is 9.15. The number of anilines is 1. The van der Waals surface area contributed by atoms with Gasteiger partial charge in [-0.25, -0.2) is 9.97 Å². The summed E-state index contributed by atoms with van der Waals surface area (Å²) < 4.78 is 5.02. The molecule has 1 amide bonds. The van der Waals surface area contributed by atoms with Gasteiger partial charge in [0.2, 0.25) is 0 Å². The van der Waals surface area contributed by atoms with Crippen molar-refractivity contribution in [1.82, 2.24) is 20.4 Å². The second kappa shape index (κ2) is 7.99. The van der Waals surface area contributed by atoms with E-state index in [1.54, 1.807) is 6.33 Å². The van der Waals surface area contributed by atoms with Gasteiger partial charge in [0.25, 0.3) is 5.91 Å². The van der Waals surface area contributed by atoms with Crippen LogP contribution in [0.25, 0.3) is 11.3 Å². The summed E-state index contributed by atoms with van der Waals surface area (Å²) >= 11 is 0. The molecule has 0 spiro atoms. The van der Waals surface area contributed by atoms with Crippen LogP contribution in [0, 0.1) is 0 Å². The van der Waals surface area contributed by atoms with Gasteiger partial charge in [-0.2, -0.15) is 0 Å². The van der Waals surface area contributed by atoms with Gasteiger partial charge in [0.1, 0.15) is 29.7 Å². The van der Waals surface area contributed by atoms with Crippen LogP contribution in [-0.4, -0.2) is 40.7 Å². The number of nitrogens with one attached hydrogen (secondary N) is 1. The molecule has 3 aromatic rings. The minimum atomic E-state index is -0.205. The maximum absolute atomic E-state index is 12.5. The summed E-state index contributed by atoms with van der Waals surface area (Å²) in [6, 6.07) is 11.5. The molecule has 0 aliphatic carbocycles. The van der Waals surface area contributed by atoms with Crippen molar-refractivity contribution < 1.29 is 9.32 Å². The molecule has 7 heteroatoms. The largest absolute Gasteiger partial charge is 0.363 e. The molecule has 0 radical (unpaired) electrons. The molecule has 27 heavy (non-hydrogen) atoms. The molecule has 1 aliphatic heterocycles. The van der Waals surface area contributed by atoms with Crippen LogP contribution in [0.5, 0.6) is 0 Å². The van der Waals surface area contributed by atoms with Crippen molar-refractivity contribution in [2.75, 3.05) is 24.5 Å². The van der Waals surface area contributed by atoms with Gasteiger partial charge in [0, 0.05) is 43.4 Å². The van der Waals surface area contributed by atoms with Crippen LogP contribution in [0.2, 0.25) is 0 Å². The number of carbonyl (C=O) groups excluding carboxylic acids is 1. The Kier molecular flexibility index (Phi) is 5.09. The molecule has 4 rings (SSSR count). The zero-order valence-electron chi connectivity index (χ0n) is 15.0. The zero-order valence-corrected chi connectivity index (χ0v) is 15.0. The Bertz CT molecular complexity index is 904. The molecule has 0 saturated carbocycles. The zero-order chi connectivity index (χ0) is 18.5. The van der Waals surface area contributed by atoms with Gasteiger partial charge in [0.15, 0.2) is 0 Å². The summed E-state index contributed by atoms with van der Waals surface area (Å²) in [6.07, 6.45) is 6.03. The quantitative estimate of drug-likeness (QED) is 0.725. The van der Waals surface area contributed by atoms with E-state index in [1.165, 1.54) is 19.1 Å². The van der Waals surface area contributed by atoms with Crippen LogP contribution in [0.15, 0.2) is 53.5 Å². The molecule has 2 aromatic heterocycles. The van der Waals surface area contributed by atoms with Crippen LogP contribution in [0.3, 0.4) is 0 Å². The van der Waals surface area contributed by atoms with Gasteiger partial charge >= 0.3 is 0 Å². The van der Waals surface area contributed by atoms with E-state index in [-0.39, 0.29) is 5.91 Å². The van der Waals surface area contributed by atoms with Gasteiger partial charge in [-0.1, -0.05) is 35.5 Å². The van der Waals surface area contributed by atoms with E-state index in [9.17, 15) is 4.79 Å². The second-order valence-electron chi connectivity index (χ2n) is 6.51. The van der Waals surface area contributed by atoms with Crippen LogP contribution in [-0.2, 0) is 6.42 Å². The third kappa shape index (κ3) is 3.97. The number of nitrogens with zero attached hydrogens (tertiary/aromatic N) is 4. The Balaban J connectivity index is 1.37. The topological polar surface area (TPSA) is 84.2 Å². The minimum absolute atomic E-state index is 0.205. The molecule has 1 saturated heterocycles.